The SMILES string of the molecule is Cc1cnc2[nH]cc(Cc3ccc([CH]c4ccc(Cl)nc4)nc3Cl)c2c1. The highest BCUT2D eigenvalue weighted by Crippen LogP contribution is 2.24. The lowest BCUT2D eigenvalue weighted by molar-refractivity contribution is 1.12. The highest BCUT2D eigenvalue weighted by molar-refractivity contribution is 6.30. The van der Waals surface area contributed by atoms with Crippen LogP contribution in [0.5, 0.6) is 0 Å². The number of hydrogen-bond donors (Lipinski definition) is 1. The molecule has 0 saturated heterocycles. The molecule has 0 atom stereocenters. The standard InChI is InChI=1S/C20H15Cl2N4/c1-12-6-17-15(11-25-20(17)24-9-12)8-14-3-4-16(26-19(14)22)7-13-2-5-18(21)23-10-13/h2-7,9-11H,8H2,1H3,(H,24,25). The Labute approximate surface area is 161 Å². The first kappa shape index (κ1) is 17.0. The number of aromatic amines is 1. The topological polar surface area (TPSA) is 54.5 Å². The lowest BCUT2D eigenvalue weighted by Crippen LogP contribution is -1.96. The van der Waals surface area contributed by atoms with Crippen LogP contribution in [0.25, 0.3) is 11.0 Å². The Balaban J connectivity index is 1.57. The molecule has 0 fully saturated rings. The van der Waals surface area contributed by atoms with Crippen molar-refractivity contribution in [2.45, 2.75) is 13.3 Å². The molecule has 6 heteroatoms. The van der Waals surface area contributed by atoms with E-state index in [1.54, 1.807) is 12.3 Å². The summed E-state index contributed by atoms with van der Waals surface area (Å²) in [6.45, 7) is 2.04. The van der Waals surface area contributed by atoms with E-state index in [1.165, 1.54) is 0 Å². The molecule has 0 aliphatic heterocycles. The third kappa shape index (κ3) is 3.57. The number of hydrogen-bond acceptors (Lipinski definition) is 3. The van der Waals surface area contributed by atoms with Crippen molar-refractivity contribution >= 4 is 34.2 Å². The predicted octanol–water partition coefficient (Wildman–Crippen LogP) is 5.16. The molecular weight excluding hydrogens is 367 g/mol. The van der Waals surface area contributed by atoms with Crippen molar-refractivity contribution in [2.75, 3.05) is 0 Å². The van der Waals surface area contributed by atoms with E-state index in [2.05, 4.69) is 26.0 Å². The molecule has 1 radical (unpaired) electrons. The van der Waals surface area contributed by atoms with Crippen LogP contribution in [0.1, 0.15) is 27.9 Å². The largest absolute Gasteiger partial charge is 0.346 e. The maximum atomic E-state index is 6.43. The molecule has 0 amide bonds. The molecule has 4 aromatic rings. The zero-order valence-electron chi connectivity index (χ0n) is 14.0. The summed E-state index contributed by atoms with van der Waals surface area (Å²) in [5.74, 6) is 0. The van der Waals surface area contributed by atoms with Gasteiger partial charge in [-0.25, -0.2) is 15.0 Å². The number of H-pyrrole nitrogens is 1. The molecule has 129 valence electrons. The number of aryl methyl sites for hydroxylation is 1. The van der Waals surface area contributed by atoms with Gasteiger partial charge >= 0.3 is 0 Å². The fraction of sp³-hybridized carbons (Fsp3) is 0.100. The van der Waals surface area contributed by atoms with Crippen LogP contribution in [0.3, 0.4) is 0 Å². The van der Waals surface area contributed by atoms with Gasteiger partial charge in [0.25, 0.3) is 0 Å². The smallest absolute Gasteiger partial charge is 0.137 e. The van der Waals surface area contributed by atoms with Crippen molar-refractivity contribution in [2.24, 2.45) is 0 Å². The molecule has 0 aliphatic carbocycles. The van der Waals surface area contributed by atoms with E-state index in [0.29, 0.717) is 16.7 Å². The first-order valence-corrected chi connectivity index (χ1v) is 8.88. The van der Waals surface area contributed by atoms with E-state index in [1.807, 2.05) is 43.9 Å². The number of fused-ring (bicyclic) bond motifs is 1. The lowest BCUT2D eigenvalue weighted by Gasteiger charge is -2.06. The van der Waals surface area contributed by atoms with Gasteiger partial charge in [0.15, 0.2) is 0 Å². The summed E-state index contributed by atoms with van der Waals surface area (Å²) in [5, 5.41) is 2.08. The Kier molecular flexibility index (Phi) is 4.62. The van der Waals surface area contributed by atoms with Gasteiger partial charge in [0.1, 0.15) is 16.0 Å². The Bertz CT molecular complexity index is 1070. The number of nitrogens with zero attached hydrogens (tertiary/aromatic N) is 3. The minimum absolute atomic E-state index is 0.465. The lowest BCUT2D eigenvalue weighted by atomic mass is 10.0. The number of pyridine rings is 3. The number of rotatable bonds is 4. The van der Waals surface area contributed by atoms with Crippen molar-refractivity contribution in [3.63, 3.8) is 0 Å². The molecule has 1 N–H and O–H groups in total. The summed E-state index contributed by atoms with van der Waals surface area (Å²) in [4.78, 5) is 16.2. The predicted molar refractivity (Wildman–Crippen MR) is 105 cm³/mol. The number of halogens is 2. The van der Waals surface area contributed by atoms with Crippen molar-refractivity contribution in [3.05, 3.63) is 93.6 Å². The van der Waals surface area contributed by atoms with Crippen LogP contribution in [-0.2, 0) is 6.42 Å². The fourth-order valence-electron chi connectivity index (χ4n) is 2.85. The van der Waals surface area contributed by atoms with Crippen molar-refractivity contribution in [1.82, 2.24) is 19.9 Å². The third-order valence-electron chi connectivity index (χ3n) is 4.15. The van der Waals surface area contributed by atoms with Crippen LogP contribution in [0.4, 0.5) is 0 Å². The van der Waals surface area contributed by atoms with E-state index in [9.17, 15) is 0 Å². The van der Waals surface area contributed by atoms with Gasteiger partial charge in [-0.3, -0.25) is 0 Å². The normalized spacial score (nSPS) is 11.2. The number of aromatic nitrogens is 4. The van der Waals surface area contributed by atoms with Crippen LogP contribution in [0.15, 0.2) is 48.9 Å². The molecule has 4 aromatic heterocycles. The minimum Gasteiger partial charge on any atom is -0.346 e. The van der Waals surface area contributed by atoms with Crippen LogP contribution < -0.4 is 0 Å². The van der Waals surface area contributed by atoms with E-state index < -0.39 is 0 Å². The van der Waals surface area contributed by atoms with Crippen LogP contribution in [-0.4, -0.2) is 19.9 Å². The second kappa shape index (κ2) is 7.06. The monoisotopic (exact) mass is 381 g/mol. The third-order valence-corrected chi connectivity index (χ3v) is 4.70. The molecule has 0 spiro atoms. The van der Waals surface area contributed by atoms with Crippen LogP contribution in [0, 0.1) is 13.3 Å². The second-order valence-electron chi connectivity index (χ2n) is 6.14. The van der Waals surface area contributed by atoms with Crippen molar-refractivity contribution < 1.29 is 0 Å². The number of nitrogens with one attached hydrogen (secondary N) is 1. The van der Waals surface area contributed by atoms with Gasteiger partial charge < -0.3 is 4.98 Å². The summed E-state index contributed by atoms with van der Waals surface area (Å²) >= 11 is 12.2. The summed E-state index contributed by atoms with van der Waals surface area (Å²) < 4.78 is 0. The molecule has 0 aliphatic rings. The van der Waals surface area contributed by atoms with E-state index >= 15 is 0 Å². The average molecular weight is 382 g/mol. The molecule has 0 aromatic carbocycles. The van der Waals surface area contributed by atoms with Crippen LogP contribution in [0.2, 0.25) is 10.3 Å². The minimum atomic E-state index is 0.465. The van der Waals surface area contributed by atoms with Gasteiger partial charge in [-0.2, -0.15) is 0 Å². The maximum Gasteiger partial charge on any atom is 0.137 e. The van der Waals surface area contributed by atoms with Crippen molar-refractivity contribution in [1.29, 1.82) is 0 Å². The van der Waals surface area contributed by atoms with Gasteiger partial charge in [-0.15, -0.1) is 0 Å². The van der Waals surface area contributed by atoms with Gasteiger partial charge in [0, 0.05) is 36.8 Å². The first-order valence-electron chi connectivity index (χ1n) is 8.13. The van der Waals surface area contributed by atoms with E-state index in [4.69, 9.17) is 23.2 Å². The Morgan fingerprint density at radius 3 is 2.69 bits per heavy atom. The van der Waals surface area contributed by atoms with Gasteiger partial charge in [0.05, 0.1) is 5.69 Å². The molecule has 4 heterocycles. The molecular formula is C20H15Cl2N4. The zero-order chi connectivity index (χ0) is 18.1. The van der Waals surface area contributed by atoms with Crippen LogP contribution >= 0.6 is 23.2 Å². The summed E-state index contributed by atoms with van der Waals surface area (Å²) in [6, 6.07) is 9.72. The van der Waals surface area contributed by atoms with E-state index in [0.717, 1.165) is 39.0 Å². The Morgan fingerprint density at radius 1 is 1.04 bits per heavy atom. The second-order valence-corrected chi connectivity index (χ2v) is 6.89. The van der Waals surface area contributed by atoms with E-state index in [-0.39, 0.29) is 0 Å². The highest BCUT2D eigenvalue weighted by Gasteiger charge is 2.10. The molecule has 4 rings (SSSR count). The van der Waals surface area contributed by atoms with Crippen molar-refractivity contribution in [3.8, 4) is 0 Å². The molecule has 0 bridgehead atoms. The maximum absolute atomic E-state index is 6.43. The Morgan fingerprint density at radius 2 is 1.92 bits per heavy atom. The summed E-state index contributed by atoms with van der Waals surface area (Å²) in [5.41, 5.74) is 5.83. The summed E-state index contributed by atoms with van der Waals surface area (Å²) in [6.07, 6.45) is 8.14. The molecule has 4 nitrogen and oxygen atoms in total. The van der Waals surface area contributed by atoms with Gasteiger partial charge in [-0.05, 0) is 47.4 Å². The van der Waals surface area contributed by atoms with Gasteiger partial charge in [0.2, 0.25) is 0 Å². The Hall–Kier alpha value is -2.43. The molecule has 0 unspecified atom stereocenters. The fourth-order valence-corrected chi connectivity index (χ4v) is 3.19. The average Bonchev–Trinajstić information content (AvgIpc) is 3.01. The highest BCUT2D eigenvalue weighted by atomic mass is 35.5. The summed E-state index contributed by atoms with van der Waals surface area (Å²) in [7, 11) is 0. The quantitative estimate of drug-likeness (QED) is 0.496. The molecule has 0 saturated carbocycles. The zero-order valence-corrected chi connectivity index (χ0v) is 15.5. The molecule has 26 heavy (non-hydrogen) atoms. The van der Waals surface area contributed by atoms with Gasteiger partial charge in [-0.1, -0.05) is 35.3 Å². The first-order chi connectivity index (χ1) is 12.6.